The second-order valence-corrected chi connectivity index (χ2v) is 5.14. The van der Waals surface area contributed by atoms with Crippen LogP contribution in [0.5, 0.6) is 0 Å². The lowest BCUT2D eigenvalue weighted by Crippen LogP contribution is -2.20. The first-order chi connectivity index (χ1) is 7.72. The molecule has 0 aliphatic carbocycles. The van der Waals surface area contributed by atoms with Gasteiger partial charge in [-0.05, 0) is 39.3 Å². The van der Waals surface area contributed by atoms with Crippen LogP contribution in [0.2, 0.25) is 0 Å². The second kappa shape index (κ2) is 7.63. The van der Waals surface area contributed by atoms with Gasteiger partial charge in [-0.1, -0.05) is 18.2 Å². The summed E-state index contributed by atoms with van der Waals surface area (Å²) in [7, 11) is 2.01. The van der Waals surface area contributed by atoms with Gasteiger partial charge >= 0.3 is 0 Å². The van der Waals surface area contributed by atoms with Crippen LogP contribution in [0.4, 0.5) is 0 Å². The average Bonchev–Trinajstić information content (AvgIpc) is 2.31. The molecule has 90 valence electrons. The molecule has 0 bridgehead atoms. The van der Waals surface area contributed by atoms with Crippen molar-refractivity contribution in [2.45, 2.75) is 44.3 Å². The number of nitrogens with zero attached hydrogens (tertiary/aromatic N) is 2. The van der Waals surface area contributed by atoms with Gasteiger partial charge in [0.25, 0.3) is 0 Å². The fourth-order valence-electron chi connectivity index (χ4n) is 1.32. The molecule has 1 atom stereocenters. The Labute approximate surface area is 102 Å². The number of hydrogen-bond acceptors (Lipinski definition) is 4. The van der Waals surface area contributed by atoms with Crippen LogP contribution in [0.25, 0.3) is 0 Å². The first-order valence-electron chi connectivity index (χ1n) is 5.81. The van der Waals surface area contributed by atoms with E-state index >= 15 is 0 Å². The Bertz CT molecular complexity index is 287. The highest BCUT2D eigenvalue weighted by Crippen LogP contribution is 2.14. The number of unbranched alkanes of at least 4 members (excludes halogenated alkanes) is 1. The van der Waals surface area contributed by atoms with Crippen LogP contribution >= 0.6 is 11.8 Å². The minimum Gasteiger partial charge on any atom is -0.317 e. The van der Waals surface area contributed by atoms with Crippen molar-refractivity contribution in [3.05, 3.63) is 18.0 Å². The lowest BCUT2D eigenvalue weighted by atomic mass is 10.1. The predicted octanol–water partition coefficient (Wildman–Crippen LogP) is 2.66. The summed E-state index contributed by atoms with van der Waals surface area (Å²) in [5, 5.41) is 4.14. The summed E-state index contributed by atoms with van der Waals surface area (Å²) in [5.74, 6) is 1.11. The topological polar surface area (TPSA) is 37.8 Å². The zero-order valence-electron chi connectivity index (χ0n) is 10.4. The second-order valence-electron chi connectivity index (χ2n) is 4.08. The molecule has 4 heteroatoms. The van der Waals surface area contributed by atoms with E-state index in [-0.39, 0.29) is 0 Å². The van der Waals surface area contributed by atoms with E-state index in [0.29, 0.717) is 6.04 Å². The van der Waals surface area contributed by atoms with Gasteiger partial charge in [-0.3, -0.25) is 0 Å². The van der Waals surface area contributed by atoms with E-state index in [1.54, 1.807) is 11.8 Å². The molecule has 0 radical (unpaired) electrons. The standard InChI is InChI=1S/C12H21N3S/c1-10-8-14-12(15-9-10)16-7-5-4-6-11(2)13-3/h8-9,11,13H,4-7H2,1-3H3. The van der Waals surface area contributed by atoms with Gasteiger partial charge < -0.3 is 5.32 Å². The molecule has 1 rings (SSSR count). The molecule has 0 amide bonds. The molecule has 1 heterocycles. The third-order valence-electron chi connectivity index (χ3n) is 2.51. The Morgan fingerprint density at radius 1 is 1.31 bits per heavy atom. The maximum Gasteiger partial charge on any atom is 0.187 e. The molecular weight excluding hydrogens is 218 g/mol. The van der Waals surface area contributed by atoms with Crippen LogP contribution in [0.15, 0.2) is 17.6 Å². The molecule has 0 aliphatic rings. The number of thioether (sulfide) groups is 1. The van der Waals surface area contributed by atoms with Crippen molar-refractivity contribution in [1.82, 2.24) is 15.3 Å². The number of hydrogen-bond donors (Lipinski definition) is 1. The molecule has 0 fully saturated rings. The Morgan fingerprint density at radius 3 is 2.62 bits per heavy atom. The fraction of sp³-hybridized carbons (Fsp3) is 0.667. The molecule has 0 aromatic carbocycles. The van der Waals surface area contributed by atoms with E-state index < -0.39 is 0 Å². The van der Waals surface area contributed by atoms with Gasteiger partial charge in [0, 0.05) is 24.2 Å². The van der Waals surface area contributed by atoms with Crippen LogP contribution in [0.3, 0.4) is 0 Å². The molecular formula is C12H21N3S. The van der Waals surface area contributed by atoms with Crippen molar-refractivity contribution in [3.63, 3.8) is 0 Å². The Kier molecular flexibility index (Phi) is 6.42. The maximum atomic E-state index is 4.27. The highest BCUT2D eigenvalue weighted by molar-refractivity contribution is 7.99. The predicted molar refractivity (Wildman–Crippen MR) is 69.9 cm³/mol. The third-order valence-corrected chi connectivity index (χ3v) is 3.47. The van der Waals surface area contributed by atoms with E-state index in [9.17, 15) is 0 Å². The van der Waals surface area contributed by atoms with Gasteiger partial charge in [0.05, 0.1) is 0 Å². The largest absolute Gasteiger partial charge is 0.317 e. The summed E-state index contributed by atoms with van der Waals surface area (Å²) < 4.78 is 0. The summed E-state index contributed by atoms with van der Waals surface area (Å²) in [4.78, 5) is 8.53. The molecule has 1 aromatic rings. The minimum absolute atomic E-state index is 0.626. The SMILES string of the molecule is CNC(C)CCCCSc1ncc(C)cn1. The smallest absolute Gasteiger partial charge is 0.187 e. The van der Waals surface area contributed by atoms with E-state index in [2.05, 4.69) is 22.2 Å². The summed E-state index contributed by atoms with van der Waals surface area (Å²) in [6, 6.07) is 0.626. The Hall–Kier alpha value is -0.610. The van der Waals surface area contributed by atoms with Gasteiger partial charge in [-0.25, -0.2) is 9.97 Å². The number of rotatable bonds is 7. The first-order valence-corrected chi connectivity index (χ1v) is 6.79. The van der Waals surface area contributed by atoms with E-state index in [0.717, 1.165) is 16.5 Å². The van der Waals surface area contributed by atoms with Crippen molar-refractivity contribution >= 4 is 11.8 Å². The number of aryl methyl sites for hydroxylation is 1. The molecule has 1 unspecified atom stereocenters. The Morgan fingerprint density at radius 2 is 2.00 bits per heavy atom. The van der Waals surface area contributed by atoms with E-state index in [1.165, 1.54) is 19.3 Å². The van der Waals surface area contributed by atoms with Crippen LogP contribution in [0.1, 0.15) is 31.7 Å². The van der Waals surface area contributed by atoms with Gasteiger partial charge in [-0.2, -0.15) is 0 Å². The van der Waals surface area contributed by atoms with Crippen LogP contribution in [-0.2, 0) is 0 Å². The minimum atomic E-state index is 0.626. The van der Waals surface area contributed by atoms with Gasteiger partial charge in [-0.15, -0.1) is 0 Å². The van der Waals surface area contributed by atoms with Crippen LogP contribution in [-0.4, -0.2) is 28.8 Å². The molecule has 1 aromatic heterocycles. The Balaban J connectivity index is 2.09. The van der Waals surface area contributed by atoms with Crippen molar-refractivity contribution < 1.29 is 0 Å². The normalized spacial score (nSPS) is 12.7. The van der Waals surface area contributed by atoms with Crippen molar-refractivity contribution in [2.24, 2.45) is 0 Å². The third kappa shape index (κ3) is 5.47. The zero-order valence-corrected chi connectivity index (χ0v) is 11.2. The molecule has 0 saturated carbocycles. The average molecular weight is 239 g/mol. The van der Waals surface area contributed by atoms with Crippen LogP contribution in [0, 0.1) is 6.92 Å². The molecule has 0 saturated heterocycles. The van der Waals surface area contributed by atoms with Crippen molar-refractivity contribution in [2.75, 3.05) is 12.8 Å². The number of nitrogens with one attached hydrogen (secondary N) is 1. The van der Waals surface area contributed by atoms with Gasteiger partial charge in [0.2, 0.25) is 0 Å². The summed E-state index contributed by atoms with van der Waals surface area (Å²) in [5.41, 5.74) is 1.12. The van der Waals surface area contributed by atoms with Gasteiger partial charge in [0.1, 0.15) is 0 Å². The number of aromatic nitrogens is 2. The molecule has 3 nitrogen and oxygen atoms in total. The van der Waals surface area contributed by atoms with Crippen molar-refractivity contribution in [3.8, 4) is 0 Å². The summed E-state index contributed by atoms with van der Waals surface area (Å²) >= 11 is 1.75. The van der Waals surface area contributed by atoms with Gasteiger partial charge in [0.15, 0.2) is 5.16 Å². The molecule has 16 heavy (non-hydrogen) atoms. The maximum absolute atomic E-state index is 4.27. The van der Waals surface area contributed by atoms with Crippen molar-refractivity contribution in [1.29, 1.82) is 0 Å². The van der Waals surface area contributed by atoms with Crippen LogP contribution < -0.4 is 5.32 Å². The fourth-order valence-corrected chi connectivity index (χ4v) is 2.10. The molecule has 0 spiro atoms. The van der Waals surface area contributed by atoms with E-state index in [4.69, 9.17) is 0 Å². The molecule has 0 aliphatic heterocycles. The lowest BCUT2D eigenvalue weighted by Gasteiger charge is -2.08. The first kappa shape index (κ1) is 13.5. The summed E-state index contributed by atoms with van der Waals surface area (Å²) in [6.45, 7) is 4.23. The zero-order chi connectivity index (χ0) is 11.8. The highest BCUT2D eigenvalue weighted by Gasteiger charge is 1.99. The summed E-state index contributed by atoms with van der Waals surface area (Å²) in [6.07, 6.45) is 7.48. The van der Waals surface area contributed by atoms with E-state index in [1.807, 2.05) is 26.4 Å². The quantitative estimate of drug-likeness (QED) is 0.451. The molecule has 1 N–H and O–H groups in total. The monoisotopic (exact) mass is 239 g/mol. The highest BCUT2D eigenvalue weighted by atomic mass is 32.2. The lowest BCUT2D eigenvalue weighted by molar-refractivity contribution is 0.538.